The maximum absolute atomic E-state index is 15.5. The summed E-state index contributed by atoms with van der Waals surface area (Å²) >= 11 is 0. The van der Waals surface area contributed by atoms with Crippen molar-refractivity contribution in [2.24, 2.45) is 22.7 Å². The Kier molecular flexibility index (Phi) is 18.2. The number of halogens is 8. The van der Waals surface area contributed by atoms with E-state index in [9.17, 15) is 45.5 Å². The SMILES string of the molecule is COC(=O)[C@H](C)N(C)C(=O)c1cc2nc(Nc3ccc(OC(F)(F)F)cc3)n([C@@H]3C[C@H](C)CC(C)(C)C3)c2cc1F.COC(=O)[C@H](C)N(C)C(=O)c1cc2nc(Nc3ccc(OC(F)(F)F)cc3)n([C@H]3C[C@@H](C)CC(C)(C)C3)c2cc1F. The number of rotatable bonds is 14. The van der Waals surface area contributed by atoms with Gasteiger partial charge in [-0.1, -0.05) is 41.5 Å². The highest BCUT2D eigenvalue weighted by Gasteiger charge is 2.38. The Morgan fingerprint density at radius 3 is 1.21 bits per heavy atom. The average molecular weight is 1160 g/mol. The largest absolute Gasteiger partial charge is 0.573 e. The zero-order chi connectivity index (χ0) is 60.6. The number of esters is 2. The summed E-state index contributed by atoms with van der Waals surface area (Å²) in [6.07, 6.45) is -4.37. The van der Waals surface area contributed by atoms with E-state index in [0.29, 0.717) is 57.2 Å². The van der Waals surface area contributed by atoms with Crippen LogP contribution < -0.4 is 20.1 Å². The van der Waals surface area contributed by atoms with Crippen LogP contribution in [-0.2, 0) is 19.1 Å². The van der Waals surface area contributed by atoms with E-state index in [0.717, 1.165) is 48.3 Å². The van der Waals surface area contributed by atoms with Crippen molar-refractivity contribution in [3.63, 3.8) is 0 Å². The van der Waals surface area contributed by atoms with Crippen molar-refractivity contribution in [3.8, 4) is 11.5 Å². The fourth-order valence-electron chi connectivity index (χ4n) is 11.6. The second kappa shape index (κ2) is 24.0. The molecule has 2 aliphatic rings. The van der Waals surface area contributed by atoms with Crippen LogP contribution in [-0.4, -0.2) is 106 Å². The van der Waals surface area contributed by atoms with Crippen LogP contribution in [0.15, 0.2) is 72.8 Å². The van der Waals surface area contributed by atoms with Crippen LogP contribution in [0.5, 0.6) is 11.5 Å². The average Bonchev–Trinajstić information content (AvgIpc) is 2.92. The molecule has 2 saturated carbocycles. The lowest BCUT2D eigenvalue weighted by Gasteiger charge is -2.40. The first-order valence-electron chi connectivity index (χ1n) is 26.6. The molecule has 6 aromatic rings. The molecule has 0 bridgehead atoms. The fraction of sp³-hybridized carbons (Fsp3) is 0.483. The van der Waals surface area contributed by atoms with E-state index in [1.165, 1.54) is 115 Å². The normalized spacial score (nSPS) is 19.5. The van der Waals surface area contributed by atoms with Gasteiger partial charge in [0.05, 0.1) is 47.4 Å². The third-order valence-electron chi connectivity index (χ3n) is 15.1. The lowest BCUT2D eigenvalue weighted by atomic mass is 9.70. The Balaban J connectivity index is 0.000000236. The number of methoxy groups -OCH3 is 2. The highest BCUT2D eigenvalue weighted by atomic mass is 19.4. The molecule has 2 N–H and O–H groups in total. The number of ether oxygens (including phenoxy) is 4. The van der Waals surface area contributed by atoms with Crippen LogP contribution in [0.2, 0.25) is 0 Å². The van der Waals surface area contributed by atoms with Crippen molar-refractivity contribution in [1.82, 2.24) is 28.9 Å². The molecule has 6 atom stereocenters. The van der Waals surface area contributed by atoms with Gasteiger partial charge in [-0.2, -0.15) is 0 Å². The van der Waals surface area contributed by atoms with E-state index in [1.807, 2.05) is 9.13 Å². The molecule has 0 saturated heterocycles. The molecule has 0 radical (unpaired) electrons. The van der Waals surface area contributed by atoms with Crippen molar-refractivity contribution < 1.29 is 73.2 Å². The van der Waals surface area contributed by atoms with Crippen LogP contribution in [0.3, 0.4) is 0 Å². The highest BCUT2D eigenvalue weighted by Crippen LogP contribution is 2.48. The molecule has 0 unspecified atom stereocenters. The topological polar surface area (TPSA) is 171 Å². The Bertz CT molecular complexity index is 3090. The van der Waals surface area contributed by atoms with Gasteiger partial charge in [0.25, 0.3) is 11.8 Å². The second-order valence-electron chi connectivity index (χ2n) is 23.0. The first kappa shape index (κ1) is 61.9. The summed E-state index contributed by atoms with van der Waals surface area (Å²) in [5.41, 5.74) is 2.05. The summed E-state index contributed by atoms with van der Waals surface area (Å²) in [6, 6.07) is 13.7. The van der Waals surface area contributed by atoms with Gasteiger partial charge in [0.2, 0.25) is 11.9 Å². The minimum absolute atomic E-state index is 0.00790. The number of anilines is 4. The number of imidazole rings is 2. The number of nitrogens with one attached hydrogen (secondary N) is 2. The number of alkyl halides is 6. The Hall–Kier alpha value is -7.66. The highest BCUT2D eigenvalue weighted by molar-refractivity contribution is 6.01. The van der Waals surface area contributed by atoms with Gasteiger partial charge in [0.15, 0.2) is 0 Å². The molecule has 444 valence electrons. The number of amides is 2. The van der Waals surface area contributed by atoms with Crippen molar-refractivity contribution in [1.29, 1.82) is 0 Å². The molecule has 2 aliphatic carbocycles. The Morgan fingerprint density at radius 2 is 0.915 bits per heavy atom. The lowest BCUT2D eigenvalue weighted by Crippen LogP contribution is -2.41. The van der Waals surface area contributed by atoms with Gasteiger partial charge in [-0.3, -0.25) is 9.59 Å². The molecular formula is C58H68F8N8O8. The van der Waals surface area contributed by atoms with Crippen molar-refractivity contribution in [3.05, 3.63) is 95.6 Å². The molecular weight excluding hydrogens is 1090 g/mol. The minimum atomic E-state index is -4.81. The maximum atomic E-state index is 15.5. The first-order chi connectivity index (χ1) is 38.2. The molecule has 24 heteroatoms. The van der Waals surface area contributed by atoms with Crippen molar-refractivity contribution in [2.45, 2.75) is 131 Å². The fourth-order valence-corrected chi connectivity index (χ4v) is 11.6. The molecule has 16 nitrogen and oxygen atoms in total. The Morgan fingerprint density at radius 1 is 0.585 bits per heavy atom. The number of hydrogen-bond donors (Lipinski definition) is 2. The Labute approximate surface area is 469 Å². The molecule has 2 aromatic heterocycles. The predicted octanol–water partition coefficient (Wildman–Crippen LogP) is 13.7. The summed E-state index contributed by atoms with van der Waals surface area (Å²) in [4.78, 5) is 61.8. The third kappa shape index (κ3) is 14.7. The summed E-state index contributed by atoms with van der Waals surface area (Å²) in [6.45, 7) is 16.0. The van der Waals surface area contributed by atoms with Gasteiger partial charge in [-0.15, -0.1) is 26.3 Å². The zero-order valence-electron chi connectivity index (χ0n) is 47.6. The van der Waals surface area contributed by atoms with Crippen LogP contribution in [0, 0.1) is 34.3 Å². The van der Waals surface area contributed by atoms with Gasteiger partial charge < -0.3 is 48.5 Å². The molecule has 2 amide bonds. The maximum Gasteiger partial charge on any atom is 0.573 e. The van der Waals surface area contributed by atoms with E-state index >= 15 is 8.78 Å². The van der Waals surface area contributed by atoms with Gasteiger partial charge in [0.1, 0.15) is 35.2 Å². The van der Waals surface area contributed by atoms with Crippen LogP contribution >= 0.6 is 0 Å². The summed E-state index contributed by atoms with van der Waals surface area (Å²) in [5.74, 6) is -3.48. The van der Waals surface area contributed by atoms with Gasteiger partial charge in [0, 0.05) is 49.7 Å². The summed E-state index contributed by atoms with van der Waals surface area (Å²) < 4.78 is 128. The van der Waals surface area contributed by atoms with Crippen molar-refractivity contribution >= 4 is 69.1 Å². The second-order valence-corrected chi connectivity index (χ2v) is 23.0. The van der Waals surface area contributed by atoms with Crippen LogP contribution in [0.1, 0.15) is 127 Å². The van der Waals surface area contributed by atoms with Gasteiger partial charge in [-0.05, 0) is 136 Å². The molecule has 8 rings (SSSR count). The van der Waals surface area contributed by atoms with E-state index in [1.54, 1.807) is 0 Å². The summed E-state index contributed by atoms with van der Waals surface area (Å²) in [7, 11) is 5.18. The van der Waals surface area contributed by atoms with E-state index < -0.39 is 60.2 Å². The monoisotopic (exact) mass is 1160 g/mol. The van der Waals surface area contributed by atoms with Crippen molar-refractivity contribution in [2.75, 3.05) is 38.9 Å². The lowest BCUT2D eigenvalue weighted by molar-refractivity contribution is -0.275. The van der Waals surface area contributed by atoms with Gasteiger partial charge in [-0.25, -0.2) is 28.3 Å². The number of benzene rings is 4. The van der Waals surface area contributed by atoms with E-state index in [4.69, 9.17) is 9.47 Å². The third-order valence-corrected chi connectivity index (χ3v) is 15.1. The zero-order valence-corrected chi connectivity index (χ0v) is 47.6. The summed E-state index contributed by atoms with van der Waals surface area (Å²) in [5, 5.41) is 6.32. The quantitative estimate of drug-likeness (QED) is 0.0782. The molecule has 2 fully saturated rings. The molecule has 0 aliphatic heterocycles. The minimum Gasteiger partial charge on any atom is -0.467 e. The van der Waals surface area contributed by atoms with Crippen LogP contribution in [0.25, 0.3) is 22.1 Å². The first-order valence-corrected chi connectivity index (χ1v) is 26.6. The molecule has 4 aromatic carbocycles. The molecule has 82 heavy (non-hydrogen) atoms. The standard InChI is InChI=1S/2C29H34F4N4O4/c2*1-16-11-19(15-28(3,4)14-16)37-24-13-22(30)21(25(38)36(5)17(2)26(39)40-6)12-23(24)35-27(37)34-18-7-9-20(10-8-18)41-29(31,32)33/h2*7-10,12-13,16-17,19H,11,14-15H2,1-6H3,(H,34,35)/t16-,17+,19+;16-,17-,19+/m10/s1. The molecule has 0 spiro atoms. The smallest absolute Gasteiger partial charge is 0.467 e. The van der Waals surface area contributed by atoms with E-state index in [-0.39, 0.29) is 45.5 Å². The molecule has 2 heterocycles. The number of hydrogen-bond acceptors (Lipinski definition) is 12. The number of nitrogens with zero attached hydrogens (tertiary/aromatic N) is 6. The van der Waals surface area contributed by atoms with Gasteiger partial charge >= 0.3 is 24.7 Å². The number of fused-ring (bicyclic) bond motifs is 2. The van der Waals surface area contributed by atoms with E-state index in [2.05, 4.69) is 71.6 Å². The number of likely N-dealkylation sites (N-methyl/N-ethyl adjacent to an activating group) is 2. The number of carbonyl (C=O) groups is 4. The predicted molar refractivity (Wildman–Crippen MR) is 291 cm³/mol. The number of aromatic nitrogens is 4. The number of carbonyl (C=O) groups excluding carboxylic acids is 4. The van der Waals surface area contributed by atoms with Crippen LogP contribution in [0.4, 0.5) is 58.4 Å².